The minimum absolute atomic E-state index is 0.319. The maximum Gasteiger partial charge on any atom is 0.186 e. The molecule has 20 heavy (non-hydrogen) atoms. The lowest BCUT2D eigenvalue weighted by Gasteiger charge is -2.32. The first-order valence-electron chi connectivity index (χ1n) is 6.58. The number of aliphatic carboxylic acids is 1. The van der Waals surface area contributed by atoms with Gasteiger partial charge in [-0.15, -0.1) is 0 Å². The molecule has 5 nitrogen and oxygen atoms in total. The highest BCUT2D eigenvalue weighted by atomic mass is 32.1. The summed E-state index contributed by atoms with van der Waals surface area (Å²) in [7, 11) is 1.64. The number of rotatable bonds is 3. The second kappa shape index (κ2) is 5.28. The van der Waals surface area contributed by atoms with Crippen molar-refractivity contribution in [2.75, 3.05) is 25.1 Å². The molecule has 3 rings (SSSR count). The predicted molar refractivity (Wildman–Crippen MR) is 76.1 cm³/mol. The van der Waals surface area contributed by atoms with Crippen molar-refractivity contribution in [2.45, 2.75) is 12.8 Å². The van der Waals surface area contributed by atoms with Crippen molar-refractivity contribution >= 4 is 32.7 Å². The van der Waals surface area contributed by atoms with Gasteiger partial charge in [0.2, 0.25) is 0 Å². The highest BCUT2D eigenvalue weighted by molar-refractivity contribution is 7.22. The molecule has 1 aliphatic heterocycles. The van der Waals surface area contributed by atoms with E-state index in [1.165, 1.54) is 0 Å². The molecule has 0 N–H and O–H groups in total. The van der Waals surface area contributed by atoms with E-state index in [2.05, 4.69) is 9.88 Å². The van der Waals surface area contributed by atoms with Gasteiger partial charge in [0.05, 0.1) is 17.3 Å². The maximum atomic E-state index is 10.9. The van der Waals surface area contributed by atoms with Gasteiger partial charge in [0.15, 0.2) is 5.13 Å². The number of aromatic nitrogens is 1. The summed E-state index contributed by atoms with van der Waals surface area (Å²) in [6, 6.07) is 5.85. The molecule has 0 aliphatic carbocycles. The van der Waals surface area contributed by atoms with Crippen LogP contribution in [0.2, 0.25) is 0 Å². The maximum absolute atomic E-state index is 10.9. The van der Waals surface area contributed by atoms with Gasteiger partial charge < -0.3 is 19.5 Å². The number of carbonyl (C=O) groups is 1. The summed E-state index contributed by atoms with van der Waals surface area (Å²) < 4.78 is 6.31. The number of methoxy groups -OCH3 is 1. The van der Waals surface area contributed by atoms with Crippen molar-refractivity contribution in [3.63, 3.8) is 0 Å². The van der Waals surface area contributed by atoms with Gasteiger partial charge in [-0.3, -0.25) is 0 Å². The fourth-order valence-corrected chi connectivity index (χ4v) is 3.46. The van der Waals surface area contributed by atoms with E-state index >= 15 is 0 Å². The van der Waals surface area contributed by atoms with Crippen molar-refractivity contribution in [1.82, 2.24) is 4.98 Å². The molecule has 106 valence electrons. The van der Waals surface area contributed by atoms with Crippen molar-refractivity contribution in [1.29, 1.82) is 0 Å². The van der Waals surface area contributed by atoms with Gasteiger partial charge in [-0.2, -0.15) is 0 Å². The smallest absolute Gasteiger partial charge is 0.186 e. The third kappa shape index (κ3) is 2.43. The van der Waals surface area contributed by atoms with Crippen LogP contribution >= 0.6 is 11.3 Å². The number of ether oxygens (including phenoxy) is 1. The first-order valence-corrected chi connectivity index (χ1v) is 7.39. The zero-order chi connectivity index (χ0) is 14.1. The summed E-state index contributed by atoms with van der Waals surface area (Å²) in [5, 5.41) is 11.8. The molecular weight excluding hydrogens is 276 g/mol. The third-order valence-corrected chi connectivity index (χ3v) is 4.78. The van der Waals surface area contributed by atoms with Crippen molar-refractivity contribution in [3.05, 3.63) is 18.2 Å². The molecule has 0 spiro atoms. The number of hydrogen-bond donors (Lipinski definition) is 0. The molecule has 1 aromatic heterocycles. The summed E-state index contributed by atoms with van der Waals surface area (Å²) in [4.78, 5) is 17.6. The van der Waals surface area contributed by atoms with Crippen LogP contribution < -0.4 is 14.7 Å². The highest BCUT2D eigenvalue weighted by Gasteiger charge is 2.22. The summed E-state index contributed by atoms with van der Waals surface area (Å²) in [5.41, 5.74) is 0.923. The number of benzene rings is 1. The van der Waals surface area contributed by atoms with Gasteiger partial charge in [0, 0.05) is 31.0 Å². The third-order valence-electron chi connectivity index (χ3n) is 3.68. The molecule has 1 aromatic carbocycles. The van der Waals surface area contributed by atoms with E-state index < -0.39 is 5.97 Å². The average Bonchev–Trinajstić information content (AvgIpc) is 2.90. The molecular formula is C14H15N2O3S-. The Hall–Kier alpha value is -1.82. The summed E-state index contributed by atoms with van der Waals surface area (Å²) in [5.74, 6) is -0.454. The largest absolute Gasteiger partial charge is 0.550 e. The van der Waals surface area contributed by atoms with Gasteiger partial charge in [-0.1, -0.05) is 11.3 Å². The van der Waals surface area contributed by atoms with E-state index in [-0.39, 0.29) is 5.92 Å². The molecule has 0 bridgehead atoms. The first-order chi connectivity index (χ1) is 9.67. The molecule has 0 unspecified atom stereocenters. The van der Waals surface area contributed by atoms with Crippen LogP contribution in [0.5, 0.6) is 5.75 Å². The molecule has 0 saturated carbocycles. The lowest BCUT2D eigenvalue weighted by Crippen LogP contribution is -2.41. The topological polar surface area (TPSA) is 65.5 Å². The fraction of sp³-hybridized carbons (Fsp3) is 0.429. The van der Waals surface area contributed by atoms with Crippen LogP contribution in [0.25, 0.3) is 10.2 Å². The van der Waals surface area contributed by atoms with Crippen LogP contribution in [0.15, 0.2) is 18.2 Å². The molecule has 2 heterocycles. The minimum Gasteiger partial charge on any atom is -0.550 e. The van der Waals surface area contributed by atoms with Gasteiger partial charge >= 0.3 is 0 Å². The highest BCUT2D eigenvalue weighted by Crippen LogP contribution is 2.33. The molecule has 1 aliphatic rings. The van der Waals surface area contributed by atoms with Crippen molar-refractivity contribution in [3.8, 4) is 5.75 Å². The SMILES string of the molecule is COc1ccc2sc(N3CCC(C(=O)[O-])CC3)nc2c1. The Balaban J connectivity index is 1.79. The number of carbonyl (C=O) groups excluding carboxylic acids is 1. The fourth-order valence-electron chi connectivity index (χ4n) is 2.46. The summed E-state index contributed by atoms with van der Waals surface area (Å²) in [6.45, 7) is 1.44. The van der Waals surface area contributed by atoms with E-state index in [1.807, 2.05) is 18.2 Å². The monoisotopic (exact) mass is 291 g/mol. The van der Waals surface area contributed by atoms with Crippen molar-refractivity contribution < 1.29 is 14.6 Å². The average molecular weight is 291 g/mol. The number of fused-ring (bicyclic) bond motifs is 1. The first kappa shape index (κ1) is 13.2. The van der Waals surface area contributed by atoms with E-state index in [9.17, 15) is 9.90 Å². The van der Waals surface area contributed by atoms with E-state index in [1.54, 1.807) is 18.4 Å². The Kier molecular flexibility index (Phi) is 3.48. The minimum atomic E-state index is -0.932. The lowest BCUT2D eigenvalue weighted by molar-refractivity contribution is -0.312. The number of carboxylic acid groups (broad SMARTS) is 1. The van der Waals surface area contributed by atoms with Crippen LogP contribution in [-0.4, -0.2) is 31.2 Å². The van der Waals surface area contributed by atoms with Crippen LogP contribution in [0.3, 0.4) is 0 Å². The number of piperidine rings is 1. The summed E-state index contributed by atoms with van der Waals surface area (Å²) >= 11 is 1.63. The molecule has 0 radical (unpaired) electrons. The zero-order valence-corrected chi connectivity index (χ0v) is 12.0. The Morgan fingerprint density at radius 3 is 2.85 bits per heavy atom. The van der Waals surface area contributed by atoms with E-state index in [0.29, 0.717) is 12.8 Å². The number of carboxylic acids is 1. The molecule has 1 fully saturated rings. The second-order valence-electron chi connectivity index (χ2n) is 4.91. The van der Waals surface area contributed by atoms with E-state index in [4.69, 9.17) is 4.74 Å². The molecule has 0 amide bonds. The Morgan fingerprint density at radius 2 is 2.20 bits per heavy atom. The number of nitrogens with zero attached hydrogens (tertiary/aromatic N) is 2. The molecule has 6 heteroatoms. The lowest BCUT2D eigenvalue weighted by atomic mass is 9.98. The van der Waals surface area contributed by atoms with Crippen molar-refractivity contribution in [2.24, 2.45) is 5.92 Å². The predicted octanol–water partition coefficient (Wildman–Crippen LogP) is 1.27. The molecule has 1 saturated heterocycles. The van der Waals surface area contributed by atoms with Crippen LogP contribution in [0.1, 0.15) is 12.8 Å². The quantitative estimate of drug-likeness (QED) is 0.852. The van der Waals surface area contributed by atoms with Gasteiger partial charge in [0.25, 0.3) is 0 Å². The van der Waals surface area contributed by atoms with Crippen LogP contribution in [-0.2, 0) is 4.79 Å². The number of thiazole rings is 1. The van der Waals surface area contributed by atoms with Crippen LogP contribution in [0, 0.1) is 5.92 Å². The van der Waals surface area contributed by atoms with Gasteiger partial charge in [-0.05, 0) is 25.0 Å². The Bertz CT molecular complexity index is 632. The second-order valence-corrected chi connectivity index (χ2v) is 5.92. The Labute approximate surface area is 120 Å². The number of anilines is 1. The summed E-state index contributed by atoms with van der Waals surface area (Å²) in [6.07, 6.45) is 1.25. The molecule has 0 atom stereocenters. The van der Waals surface area contributed by atoms with Gasteiger partial charge in [-0.25, -0.2) is 4.98 Å². The number of hydrogen-bond acceptors (Lipinski definition) is 6. The van der Waals surface area contributed by atoms with E-state index in [0.717, 1.165) is 34.2 Å². The normalized spacial score (nSPS) is 16.6. The zero-order valence-electron chi connectivity index (χ0n) is 11.2. The van der Waals surface area contributed by atoms with Crippen LogP contribution in [0.4, 0.5) is 5.13 Å². The standard InChI is InChI=1S/C14H16N2O3S/c1-19-10-2-3-12-11(8-10)15-14(20-12)16-6-4-9(5-7-16)13(17)18/h2-3,8-9H,4-7H2,1H3,(H,17,18)/p-1. The Morgan fingerprint density at radius 1 is 1.45 bits per heavy atom. The molecule has 2 aromatic rings. The van der Waals surface area contributed by atoms with Gasteiger partial charge in [0.1, 0.15) is 5.75 Å².